The smallest absolute Gasteiger partial charge is 0.269 e. The quantitative estimate of drug-likeness (QED) is 0.399. The third kappa shape index (κ3) is 3.83. The van der Waals surface area contributed by atoms with Gasteiger partial charge in [0.05, 0.1) is 16.6 Å². The fourth-order valence-electron chi connectivity index (χ4n) is 4.33. The van der Waals surface area contributed by atoms with E-state index in [1.54, 1.807) is 36.7 Å². The van der Waals surface area contributed by atoms with Crippen molar-refractivity contribution in [1.82, 2.24) is 23.7 Å². The molecule has 1 aromatic carbocycles. The van der Waals surface area contributed by atoms with E-state index in [9.17, 15) is 8.42 Å². The number of hydrogen-bond acceptors (Lipinski definition) is 5. The highest BCUT2D eigenvalue weighted by Crippen LogP contribution is 2.32. The molecule has 1 saturated heterocycles. The molecule has 1 N–H and O–H groups in total. The van der Waals surface area contributed by atoms with Crippen molar-refractivity contribution in [3.63, 3.8) is 0 Å². The number of fused-ring (bicyclic) bond motifs is 3. The summed E-state index contributed by atoms with van der Waals surface area (Å²) in [5.41, 5.74) is 4.03. The average molecular weight is 571 g/mol. The summed E-state index contributed by atoms with van der Waals surface area (Å²) in [6.45, 7) is 6.03. The predicted molar refractivity (Wildman–Crippen MR) is 132 cm³/mol. The van der Waals surface area contributed by atoms with Crippen LogP contribution in [-0.4, -0.2) is 39.8 Å². The van der Waals surface area contributed by atoms with Gasteiger partial charge in [-0.15, -0.1) is 34.0 Å². The van der Waals surface area contributed by atoms with E-state index in [0.717, 1.165) is 41.9 Å². The Morgan fingerprint density at radius 3 is 2.52 bits per heavy atom. The SMILES string of the molecule is Br.Br.CC[C@@H]1CNC[C@@H]1c1cnc2cnc3c(ccn3S(=O)(=O)c3ccc(C)cc3)n12. The molecule has 0 aliphatic carbocycles. The summed E-state index contributed by atoms with van der Waals surface area (Å²) in [5, 5.41) is 3.47. The predicted octanol–water partition coefficient (Wildman–Crippen LogP) is 4.10. The van der Waals surface area contributed by atoms with Crippen LogP contribution in [0.4, 0.5) is 0 Å². The van der Waals surface area contributed by atoms with E-state index in [0.29, 0.717) is 17.5 Å². The van der Waals surface area contributed by atoms with Crippen molar-refractivity contribution in [2.45, 2.75) is 31.1 Å². The Kier molecular flexibility index (Phi) is 6.95. The van der Waals surface area contributed by atoms with Crippen LogP contribution in [-0.2, 0) is 10.0 Å². The number of imidazole rings is 1. The zero-order chi connectivity index (χ0) is 20.2. The maximum Gasteiger partial charge on any atom is 0.269 e. The maximum atomic E-state index is 13.2. The highest BCUT2D eigenvalue weighted by Gasteiger charge is 2.30. The molecule has 0 unspecified atom stereocenters. The number of nitrogens with zero attached hydrogens (tertiary/aromatic N) is 4. The molecule has 10 heteroatoms. The molecule has 0 radical (unpaired) electrons. The van der Waals surface area contributed by atoms with Crippen LogP contribution in [0, 0.1) is 12.8 Å². The van der Waals surface area contributed by atoms with Crippen molar-refractivity contribution in [3.8, 4) is 0 Å². The van der Waals surface area contributed by atoms with Crippen LogP contribution >= 0.6 is 34.0 Å². The molecule has 0 saturated carbocycles. The van der Waals surface area contributed by atoms with Crippen LogP contribution in [0.25, 0.3) is 16.8 Å². The lowest BCUT2D eigenvalue weighted by Crippen LogP contribution is -2.14. The second-order valence-electron chi connectivity index (χ2n) is 7.71. The van der Waals surface area contributed by atoms with Gasteiger partial charge in [0.1, 0.15) is 0 Å². The van der Waals surface area contributed by atoms with Crippen LogP contribution in [0.5, 0.6) is 0 Å². The number of aryl methyl sites for hydroxylation is 1. The van der Waals surface area contributed by atoms with Gasteiger partial charge in [-0.3, -0.25) is 4.40 Å². The lowest BCUT2D eigenvalue weighted by molar-refractivity contribution is 0.493. The summed E-state index contributed by atoms with van der Waals surface area (Å²) in [4.78, 5) is 9.23. The normalized spacial score (nSPS) is 18.8. The summed E-state index contributed by atoms with van der Waals surface area (Å²) in [6.07, 6.45) is 6.22. The molecule has 2 atom stereocenters. The molecule has 1 aliphatic heterocycles. The molecule has 0 spiro atoms. The van der Waals surface area contributed by atoms with E-state index < -0.39 is 10.0 Å². The zero-order valence-electron chi connectivity index (χ0n) is 17.2. The zero-order valence-corrected chi connectivity index (χ0v) is 21.5. The summed E-state index contributed by atoms with van der Waals surface area (Å²) < 4.78 is 29.8. The Hall–Kier alpha value is -1.75. The van der Waals surface area contributed by atoms with E-state index >= 15 is 0 Å². The Morgan fingerprint density at radius 1 is 1.06 bits per heavy atom. The molecule has 7 nitrogen and oxygen atoms in total. The van der Waals surface area contributed by atoms with Gasteiger partial charge in [0.25, 0.3) is 10.0 Å². The molecular weight excluding hydrogens is 546 g/mol. The monoisotopic (exact) mass is 569 g/mol. The fourth-order valence-corrected chi connectivity index (χ4v) is 5.63. The van der Waals surface area contributed by atoms with Crippen molar-refractivity contribution >= 4 is 60.8 Å². The molecule has 1 fully saturated rings. The lowest BCUT2D eigenvalue weighted by Gasteiger charge is -2.17. The first-order chi connectivity index (χ1) is 14.0. The standard InChI is InChI=1S/C21H23N5O2S.2BrH/c1-3-15-10-22-11-17(15)19-12-23-20-13-24-21-18(26(19)20)8-9-25(21)29(27,28)16-6-4-14(2)5-7-16;;/h4-9,12-13,15,17,22H,3,10-11H2,1-2H3;2*1H/t15-,17+;;/m1../s1. The van der Waals surface area contributed by atoms with Gasteiger partial charge in [0.15, 0.2) is 11.3 Å². The van der Waals surface area contributed by atoms with Crippen molar-refractivity contribution < 1.29 is 8.42 Å². The summed E-state index contributed by atoms with van der Waals surface area (Å²) >= 11 is 0. The largest absolute Gasteiger partial charge is 0.316 e. The van der Waals surface area contributed by atoms with Gasteiger partial charge in [-0.25, -0.2) is 22.4 Å². The third-order valence-electron chi connectivity index (χ3n) is 5.99. The summed E-state index contributed by atoms with van der Waals surface area (Å²) in [7, 11) is -3.73. The lowest BCUT2D eigenvalue weighted by atomic mass is 9.91. The minimum atomic E-state index is -3.73. The van der Waals surface area contributed by atoms with E-state index in [-0.39, 0.29) is 38.9 Å². The number of nitrogens with one attached hydrogen (secondary N) is 1. The van der Waals surface area contributed by atoms with Gasteiger partial charge in [0, 0.05) is 30.6 Å². The molecule has 1 aliphatic rings. The van der Waals surface area contributed by atoms with Crippen LogP contribution in [0.2, 0.25) is 0 Å². The molecule has 5 rings (SSSR count). The van der Waals surface area contributed by atoms with Crippen molar-refractivity contribution in [2.75, 3.05) is 13.1 Å². The number of aromatic nitrogens is 4. The molecule has 0 amide bonds. The average Bonchev–Trinajstić information content (AvgIpc) is 3.44. The van der Waals surface area contributed by atoms with Gasteiger partial charge in [-0.2, -0.15) is 0 Å². The number of rotatable bonds is 4. The van der Waals surface area contributed by atoms with Crippen molar-refractivity contribution in [2.24, 2.45) is 5.92 Å². The number of hydrogen-bond donors (Lipinski definition) is 1. The highest BCUT2D eigenvalue weighted by atomic mass is 79.9. The first-order valence-corrected chi connectivity index (χ1v) is 11.3. The van der Waals surface area contributed by atoms with Crippen molar-refractivity contribution in [1.29, 1.82) is 0 Å². The topological polar surface area (TPSA) is 81.3 Å². The third-order valence-corrected chi connectivity index (χ3v) is 7.67. The van der Waals surface area contributed by atoms with E-state index in [4.69, 9.17) is 0 Å². The minimum Gasteiger partial charge on any atom is -0.316 e. The van der Waals surface area contributed by atoms with Crippen molar-refractivity contribution in [3.05, 3.63) is 60.2 Å². The molecule has 4 aromatic rings. The van der Waals surface area contributed by atoms with Crippen LogP contribution in [0.15, 0.2) is 53.8 Å². The summed E-state index contributed by atoms with van der Waals surface area (Å²) in [5.74, 6) is 0.883. The molecule has 3 aromatic heterocycles. The molecule has 31 heavy (non-hydrogen) atoms. The molecule has 166 valence electrons. The highest BCUT2D eigenvalue weighted by molar-refractivity contribution is 8.93. The number of halogens is 2. The van der Waals surface area contributed by atoms with E-state index in [1.807, 2.05) is 19.2 Å². The van der Waals surface area contributed by atoms with Crippen LogP contribution < -0.4 is 5.32 Å². The maximum absolute atomic E-state index is 13.2. The van der Waals surface area contributed by atoms with Gasteiger partial charge < -0.3 is 5.32 Å². The van der Waals surface area contributed by atoms with Gasteiger partial charge in [-0.05, 0) is 37.6 Å². The van der Waals surface area contributed by atoms with E-state index in [1.165, 1.54) is 3.97 Å². The summed E-state index contributed by atoms with van der Waals surface area (Å²) in [6, 6.07) is 8.68. The Labute approximate surface area is 202 Å². The second kappa shape index (κ2) is 9.01. The first-order valence-electron chi connectivity index (χ1n) is 9.87. The Morgan fingerprint density at radius 2 is 1.81 bits per heavy atom. The first kappa shape index (κ1) is 23.9. The van der Waals surface area contributed by atoms with Gasteiger partial charge in [0.2, 0.25) is 0 Å². The van der Waals surface area contributed by atoms with Crippen LogP contribution in [0.3, 0.4) is 0 Å². The fraction of sp³-hybridized carbons (Fsp3) is 0.333. The Balaban J connectivity index is 0.00000136. The molecule has 4 heterocycles. The van der Waals surface area contributed by atoms with Gasteiger partial charge >= 0.3 is 0 Å². The van der Waals surface area contributed by atoms with Gasteiger partial charge in [-0.1, -0.05) is 31.0 Å². The molecule has 0 bridgehead atoms. The minimum absolute atomic E-state index is 0. The Bertz CT molecular complexity index is 1320. The van der Waals surface area contributed by atoms with E-state index in [2.05, 4.69) is 26.6 Å². The number of benzene rings is 1. The molecular formula is C21H25Br2N5O2S. The second-order valence-corrected chi connectivity index (χ2v) is 9.52. The van der Waals surface area contributed by atoms with Crippen LogP contribution in [0.1, 0.15) is 30.5 Å².